The van der Waals surface area contributed by atoms with Crippen molar-refractivity contribution in [2.45, 2.75) is 45.1 Å². The molecule has 1 aromatic rings. The lowest BCUT2D eigenvalue weighted by Gasteiger charge is -2.54. The number of nitrogens with zero attached hydrogens (tertiary/aromatic N) is 2. The fraction of sp³-hybridized carbons (Fsp3) is 0.700. The van der Waals surface area contributed by atoms with Crippen molar-refractivity contribution in [3.05, 3.63) is 17.7 Å². The van der Waals surface area contributed by atoms with E-state index in [2.05, 4.69) is 30.9 Å². The third-order valence-corrected chi connectivity index (χ3v) is 6.14. The van der Waals surface area contributed by atoms with Gasteiger partial charge in [-0.1, -0.05) is 0 Å². The second kappa shape index (κ2) is 6.87. The van der Waals surface area contributed by atoms with Gasteiger partial charge in [-0.3, -0.25) is 4.90 Å². The predicted octanol–water partition coefficient (Wildman–Crippen LogP) is 2.32. The molecular weight excluding hydrogens is 352 g/mol. The highest BCUT2D eigenvalue weighted by Gasteiger charge is 2.45. The van der Waals surface area contributed by atoms with Crippen LogP contribution in [0.4, 0.5) is 20.2 Å². The Bertz CT molecular complexity index is 695. The molecule has 27 heavy (non-hydrogen) atoms. The van der Waals surface area contributed by atoms with Gasteiger partial charge in [0, 0.05) is 50.3 Å². The number of benzene rings is 1. The van der Waals surface area contributed by atoms with Gasteiger partial charge in [-0.2, -0.15) is 5.48 Å². The summed E-state index contributed by atoms with van der Waals surface area (Å²) in [7, 11) is 1.68. The van der Waals surface area contributed by atoms with Crippen molar-refractivity contribution in [1.82, 2.24) is 4.90 Å². The maximum Gasteiger partial charge on any atom is 0.251 e. The number of fused-ring (bicyclic) bond motifs is 1. The van der Waals surface area contributed by atoms with E-state index >= 15 is 0 Å². The Kier molecular flexibility index (Phi) is 4.81. The van der Waals surface area contributed by atoms with Crippen molar-refractivity contribution >= 4 is 11.4 Å². The number of hydrogen-bond acceptors (Lipinski definition) is 4. The average molecular weight is 382 g/mol. The second-order valence-corrected chi connectivity index (χ2v) is 8.96. The highest BCUT2D eigenvalue weighted by molar-refractivity contribution is 5.68. The molecule has 0 unspecified atom stereocenters. The van der Waals surface area contributed by atoms with Crippen LogP contribution in [0, 0.1) is 5.41 Å². The molecule has 1 spiro atoms. The van der Waals surface area contributed by atoms with Crippen molar-refractivity contribution < 1.29 is 23.8 Å². The molecule has 0 bridgehead atoms. The van der Waals surface area contributed by atoms with E-state index in [-0.39, 0.29) is 17.6 Å². The summed E-state index contributed by atoms with van der Waals surface area (Å²) in [6.07, 6.45) is 0.756. The molecule has 0 radical (unpaired) electrons. The summed E-state index contributed by atoms with van der Waals surface area (Å²) in [5.74, 6) is 0.968. The monoisotopic (exact) mass is 382 g/mol. The predicted molar refractivity (Wildman–Crippen MR) is 99.8 cm³/mol. The largest absolute Gasteiger partial charge is 0.487 e. The van der Waals surface area contributed by atoms with Crippen LogP contribution < -0.4 is 15.1 Å². The number of rotatable bonds is 5. The second-order valence-electron chi connectivity index (χ2n) is 8.96. The Hall–Kier alpha value is -1.44. The Labute approximate surface area is 159 Å². The molecule has 0 saturated carbocycles. The molecule has 2 N–H and O–H groups in total. The SMILES string of the molecule is CO[NH2+]c1cc2c(cc1N1CCC3(CC1)CN(CC(F)F)C3)OC(C)(C)C2. The molecule has 3 heterocycles. The number of quaternary nitrogens is 1. The Morgan fingerprint density at radius 2 is 1.93 bits per heavy atom. The maximum atomic E-state index is 12.5. The first-order chi connectivity index (χ1) is 12.8. The first-order valence-corrected chi connectivity index (χ1v) is 9.77. The Morgan fingerprint density at radius 1 is 1.22 bits per heavy atom. The smallest absolute Gasteiger partial charge is 0.251 e. The molecule has 1 aromatic carbocycles. The average Bonchev–Trinajstić information content (AvgIpc) is 2.86. The first-order valence-electron chi connectivity index (χ1n) is 9.77. The van der Waals surface area contributed by atoms with E-state index in [1.807, 2.05) is 4.90 Å². The van der Waals surface area contributed by atoms with Crippen molar-refractivity contribution in [1.29, 1.82) is 0 Å². The zero-order chi connectivity index (χ0) is 19.2. The summed E-state index contributed by atoms with van der Waals surface area (Å²) in [4.78, 5) is 9.60. The van der Waals surface area contributed by atoms with Gasteiger partial charge >= 0.3 is 0 Å². The van der Waals surface area contributed by atoms with Crippen LogP contribution in [-0.2, 0) is 11.3 Å². The van der Waals surface area contributed by atoms with Gasteiger partial charge in [0.2, 0.25) is 0 Å². The fourth-order valence-electron chi connectivity index (χ4n) is 4.92. The number of halogens is 2. The van der Waals surface area contributed by atoms with Crippen LogP contribution in [0.2, 0.25) is 0 Å². The molecule has 0 aliphatic carbocycles. The summed E-state index contributed by atoms with van der Waals surface area (Å²) in [6, 6.07) is 4.33. The van der Waals surface area contributed by atoms with Gasteiger partial charge < -0.3 is 9.64 Å². The van der Waals surface area contributed by atoms with Crippen LogP contribution in [0.5, 0.6) is 5.75 Å². The Morgan fingerprint density at radius 3 is 2.56 bits per heavy atom. The minimum absolute atomic E-state index is 0.0869. The third-order valence-electron chi connectivity index (χ3n) is 6.14. The molecule has 5 nitrogen and oxygen atoms in total. The highest BCUT2D eigenvalue weighted by Crippen LogP contribution is 2.44. The lowest BCUT2D eigenvalue weighted by atomic mass is 9.72. The molecule has 150 valence electrons. The van der Waals surface area contributed by atoms with Gasteiger partial charge in [-0.05, 0) is 32.1 Å². The molecular formula is C20H30F2N3O2+. The van der Waals surface area contributed by atoms with Crippen LogP contribution in [0.15, 0.2) is 12.1 Å². The third kappa shape index (κ3) is 3.77. The molecule has 0 aromatic heterocycles. The zero-order valence-corrected chi connectivity index (χ0v) is 16.4. The van der Waals surface area contributed by atoms with Gasteiger partial charge in [-0.25, -0.2) is 13.6 Å². The number of alkyl halides is 2. The summed E-state index contributed by atoms with van der Waals surface area (Å²) in [5, 5.41) is 0. The van der Waals surface area contributed by atoms with Crippen LogP contribution in [0.25, 0.3) is 0 Å². The lowest BCUT2D eigenvalue weighted by Crippen LogP contribution is -2.76. The van der Waals surface area contributed by atoms with Crippen molar-refractivity contribution in [3.63, 3.8) is 0 Å². The van der Waals surface area contributed by atoms with E-state index in [1.165, 1.54) is 5.56 Å². The number of nitrogens with two attached hydrogens (primary N) is 1. The van der Waals surface area contributed by atoms with E-state index < -0.39 is 6.43 Å². The number of ether oxygens (including phenoxy) is 1. The summed E-state index contributed by atoms with van der Waals surface area (Å²) >= 11 is 0. The van der Waals surface area contributed by atoms with Crippen LogP contribution in [0.1, 0.15) is 32.3 Å². The standard InChI is InChI=1S/C20H29F2N3O2/c1-19(2)10-14-8-15(23-26-3)16(9-17(14)27-19)25-6-4-20(5-7-25)12-24(13-20)11-18(21)22/h8-9,18,23H,4-7,10-13H2,1-3H3/p+1. The zero-order valence-electron chi connectivity index (χ0n) is 16.4. The number of likely N-dealkylation sites (tertiary alicyclic amines) is 1. The molecule has 4 rings (SSSR count). The van der Waals surface area contributed by atoms with Crippen molar-refractivity contribution in [3.8, 4) is 5.75 Å². The number of anilines is 1. The van der Waals surface area contributed by atoms with Gasteiger partial charge in [0.1, 0.15) is 17.0 Å². The quantitative estimate of drug-likeness (QED) is 0.627. The van der Waals surface area contributed by atoms with Crippen LogP contribution in [-0.4, -0.2) is 56.8 Å². The summed E-state index contributed by atoms with van der Waals surface area (Å²) < 4.78 is 31.2. The van der Waals surface area contributed by atoms with Crippen molar-refractivity contribution in [2.24, 2.45) is 5.41 Å². The van der Waals surface area contributed by atoms with E-state index in [9.17, 15) is 8.78 Å². The van der Waals surface area contributed by atoms with Gasteiger partial charge in [-0.15, -0.1) is 0 Å². The Balaban J connectivity index is 1.46. The van der Waals surface area contributed by atoms with E-state index in [4.69, 9.17) is 9.57 Å². The molecule has 2 fully saturated rings. The molecule has 3 aliphatic heterocycles. The van der Waals surface area contributed by atoms with Gasteiger partial charge in [0.05, 0.1) is 13.7 Å². The molecule has 0 atom stereocenters. The summed E-state index contributed by atoms with van der Waals surface area (Å²) in [6.45, 7) is 7.63. The molecule has 2 saturated heterocycles. The minimum Gasteiger partial charge on any atom is -0.487 e. The first kappa shape index (κ1) is 18.9. The van der Waals surface area contributed by atoms with E-state index in [1.54, 1.807) is 12.6 Å². The fourth-order valence-corrected chi connectivity index (χ4v) is 4.92. The van der Waals surface area contributed by atoms with Crippen LogP contribution >= 0.6 is 0 Å². The minimum atomic E-state index is -2.23. The maximum absolute atomic E-state index is 12.5. The number of hydrogen-bond donors (Lipinski definition) is 1. The number of piperidine rings is 1. The normalized spacial score (nSPS) is 23.4. The lowest BCUT2D eigenvalue weighted by molar-refractivity contribution is -0.829. The topological polar surface area (TPSA) is 41.5 Å². The van der Waals surface area contributed by atoms with Crippen molar-refractivity contribution in [2.75, 3.05) is 44.7 Å². The van der Waals surface area contributed by atoms with Gasteiger partial charge in [0.25, 0.3) is 6.43 Å². The van der Waals surface area contributed by atoms with E-state index in [0.717, 1.165) is 62.6 Å². The molecule has 0 amide bonds. The summed E-state index contributed by atoms with van der Waals surface area (Å²) in [5.41, 5.74) is 5.32. The van der Waals surface area contributed by atoms with Crippen LogP contribution in [0.3, 0.4) is 0 Å². The van der Waals surface area contributed by atoms with E-state index in [0.29, 0.717) is 0 Å². The molecule has 7 heteroatoms. The van der Waals surface area contributed by atoms with Gasteiger partial charge in [0.15, 0.2) is 5.69 Å². The molecule has 3 aliphatic rings. The highest BCUT2D eigenvalue weighted by atomic mass is 19.3.